The minimum atomic E-state index is 0.217. The minimum Gasteiger partial charge on any atom is -0.456 e. The van der Waals surface area contributed by atoms with Gasteiger partial charge in [0.25, 0.3) is 6.01 Å². The Labute approximate surface area is 227 Å². The van der Waals surface area contributed by atoms with Crippen LogP contribution in [0.25, 0.3) is 31.9 Å². The van der Waals surface area contributed by atoms with E-state index in [4.69, 9.17) is 9.15 Å². The topological polar surface area (TPSA) is 93.4 Å². The van der Waals surface area contributed by atoms with Crippen LogP contribution in [0.15, 0.2) is 89.6 Å². The molecule has 2 aromatic carbocycles. The molecule has 0 radical (unpaired) electrons. The predicted molar refractivity (Wildman–Crippen MR) is 151 cm³/mol. The number of amides is 1. The van der Waals surface area contributed by atoms with Gasteiger partial charge in [0.2, 0.25) is 5.91 Å². The molecule has 1 saturated heterocycles. The zero-order valence-corrected chi connectivity index (χ0v) is 21.6. The summed E-state index contributed by atoms with van der Waals surface area (Å²) in [5, 5.41) is 3.18. The number of oxazole rings is 1. The lowest BCUT2D eigenvalue weighted by Gasteiger charge is -2.15. The number of carbonyl (C=O) groups is 1. The Kier molecular flexibility index (Phi) is 5.90. The highest BCUT2D eigenvalue weighted by Crippen LogP contribution is 2.39. The maximum Gasteiger partial charge on any atom is 0.300 e. The van der Waals surface area contributed by atoms with Gasteiger partial charge in [-0.25, -0.2) is 0 Å². The molecule has 0 bridgehead atoms. The van der Waals surface area contributed by atoms with Crippen LogP contribution in [-0.2, 0) is 11.3 Å². The predicted octanol–water partition coefficient (Wildman–Crippen LogP) is 7.16. The van der Waals surface area contributed by atoms with Crippen LogP contribution in [0.1, 0.15) is 18.4 Å². The number of pyridine rings is 2. The van der Waals surface area contributed by atoms with Crippen LogP contribution in [0.2, 0.25) is 0 Å². The summed E-state index contributed by atoms with van der Waals surface area (Å²) in [6, 6.07) is 23.7. The molecule has 1 amide bonds. The Hall–Kier alpha value is -4.76. The molecule has 39 heavy (non-hydrogen) atoms. The van der Waals surface area contributed by atoms with Gasteiger partial charge in [-0.3, -0.25) is 14.8 Å². The number of fused-ring (bicyclic) bond motifs is 2. The van der Waals surface area contributed by atoms with E-state index < -0.39 is 0 Å². The highest BCUT2D eigenvalue weighted by molar-refractivity contribution is 7.22. The van der Waals surface area contributed by atoms with Crippen LogP contribution < -0.4 is 10.1 Å². The smallest absolute Gasteiger partial charge is 0.300 e. The van der Waals surface area contributed by atoms with E-state index in [0.29, 0.717) is 41.6 Å². The van der Waals surface area contributed by atoms with E-state index in [-0.39, 0.29) is 5.91 Å². The molecular weight excluding hydrogens is 510 g/mol. The molecule has 0 atom stereocenters. The number of thiophene rings is 1. The van der Waals surface area contributed by atoms with Crippen LogP contribution in [0.4, 0.5) is 11.7 Å². The first-order valence-corrected chi connectivity index (χ1v) is 13.5. The van der Waals surface area contributed by atoms with E-state index in [1.165, 1.54) is 0 Å². The minimum absolute atomic E-state index is 0.217. The molecule has 1 fully saturated rings. The molecule has 4 aromatic heterocycles. The van der Waals surface area contributed by atoms with Crippen molar-refractivity contribution in [1.29, 1.82) is 0 Å². The molecule has 0 saturated carbocycles. The lowest BCUT2D eigenvalue weighted by atomic mass is 10.2. The Morgan fingerprint density at radius 1 is 1.00 bits per heavy atom. The average Bonchev–Trinajstić information content (AvgIpc) is 3.68. The quantitative estimate of drug-likeness (QED) is 0.233. The zero-order chi connectivity index (χ0) is 26.2. The van der Waals surface area contributed by atoms with Crippen molar-refractivity contribution in [3.63, 3.8) is 0 Å². The van der Waals surface area contributed by atoms with Gasteiger partial charge in [-0.05, 0) is 48.4 Å². The van der Waals surface area contributed by atoms with Gasteiger partial charge >= 0.3 is 0 Å². The number of likely N-dealkylation sites (tertiary alicyclic amines) is 1. The zero-order valence-electron chi connectivity index (χ0n) is 20.8. The number of ether oxygens (including phenoxy) is 1. The molecule has 0 spiro atoms. The maximum atomic E-state index is 11.9. The van der Waals surface area contributed by atoms with Gasteiger partial charge in [0, 0.05) is 49.7 Å². The lowest BCUT2D eigenvalue weighted by molar-refractivity contribution is -0.128. The van der Waals surface area contributed by atoms with Gasteiger partial charge in [-0.15, -0.1) is 11.3 Å². The van der Waals surface area contributed by atoms with Gasteiger partial charge in [-0.2, -0.15) is 4.98 Å². The summed E-state index contributed by atoms with van der Waals surface area (Å²) < 4.78 is 13.1. The third-order valence-corrected chi connectivity index (χ3v) is 7.77. The molecule has 7 rings (SSSR count). The monoisotopic (exact) mass is 533 g/mol. The molecule has 8 nitrogen and oxygen atoms in total. The Balaban J connectivity index is 1.11. The normalized spacial score (nSPS) is 13.4. The molecule has 0 aliphatic carbocycles. The van der Waals surface area contributed by atoms with E-state index >= 15 is 0 Å². The number of hydrogen-bond donors (Lipinski definition) is 1. The molecular formula is C30H23N5O3S. The third kappa shape index (κ3) is 4.80. The van der Waals surface area contributed by atoms with Crippen LogP contribution in [0.5, 0.6) is 11.5 Å². The van der Waals surface area contributed by atoms with Crippen LogP contribution in [0, 0.1) is 0 Å². The van der Waals surface area contributed by atoms with Crippen molar-refractivity contribution in [3.05, 3.63) is 90.8 Å². The highest BCUT2D eigenvalue weighted by atomic mass is 32.1. The summed E-state index contributed by atoms with van der Waals surface area (Å²) in [6.45, 7) is 1.43. The number of para-hydroxylation sites is 1. The van der Waals surface area contributed by atoms with Crippen LogP contribution in [-0.4, -0.2) is 32.3 Å². The standard InChI is InChI=1S/C30H23N5O3S/c36-28-7-4-14-35(28)18-19-8-10-22(32-17-19)27-16-24-29(39-27)26(12-13-31-24)37-21-9-11-25-23(15-21)34-30(38-25)33-20-5-2-1-3-6-20/h1-3,5-6,8-13,15-17H,4,7,14,18H2,(H,33,34). The van der Waals surface area contributed by atoms with E-state index in [1.807, 2.05) is 83.9 Å². The lowest BCUT2D eigenvalue weighted by Crippen LogP contribution is -2.23. The van der Waals surface area contributed by atoms with Gasteiger partial charge in [0.15, 0.2) is 5.58 Å². The van der Waals surface area contributed by atoms with E-state index in [9.17, 15) is 4.79 Å². The average molecular weight is 534 g/mol. The number of rotatable bonds is 7. The van der Waals surface area contributed by atoms with Crippen molar-refractivity contribution in [2.24, 2.45) is 0 Å². The summed E-state index contributed by atoms with van der Waals surface area (Å²) in [7, 11) is 0. The fourth-order valence-corrected chi connectivity index (χ4v) is 5.72. The van der Waals surface area contributed by atoms with E-state index in [0.717, 1.165) is 45.0 Å². The number of anilines is 2. The second-order valence-corrected chi connectivity index (χ2v) is 10.4. The van der Waals surface area contributed by atoms with Crippen molar-refractivity contribution in [2.75, 3.05) is 11.9 Å². The second kappa shape index (κ2) is 9.85. The van der Waals surface area contributed by atoms with Crippen LogP contribution >= 0.6 is 11.3 Å². The number of hydrogen-bond acceptors (Lipinski definition) is 8. The number of carbonyl (C=O) groups excluding carboxylic acids is 1. The fraction of sp³-hybridized carbons (Fsp3) is 0.133. The fourth-order valence-electron chi connectivity index (χ4n) is 4.67. The Morgan fingerprint density at radius 2 is 1.92 bits per heavy atom. The van der Waals surface area contributed by atoms with Crippen molar-refractivity contribution in [2.45, 2.75) is 19.4 Å². The third-order valence-electron chi connectivity index (χ3n) is 6.61. The first-order chi connectivity index (χ1) is 19.2. The summed E-state index contributed by atoms with van der Waals surface area (Å²) in [4.78, 5) is 28.6. The SMILES string of the molecule is O=C1CCCN1Cc1ccc(-c2cc3nccc(Oc4ccc5oc(Nc6ccccc6)nc5c4)c3s2)nc1. The molecule has 192 valence electrons. The van der Waals surface area contributed by atoms with Crippen molar-refractivity contribution >= 4 is 50.3 Å². The summed E-state index contributed by atoms with van der Waals surface area (Å²) in [5.74, 6) is 1.59. The maximum absolute atomic E-state index is 11.9. The van der Waals surface area contributed by atoms with Crippen molar-refractivity contribution in [3.8, 4) is 22.1 Å². The molecule has 6 aromatic rings. The first-order valence-electron chi connectivity index (χ1n) is 12.7. The molecule has 5 heterocycles. The number of aromatic nitrogens is 3. The second-order valence-electron chi connectivity index (χ2n) is 9.35. The number of benzene rings is 2. The van der Waals surface area contributed by atoms with E-state index in [1.54, 1.807) is 17.5 Å². The summed E-state index contributed by atoms with van der Waals surface area (Å²) in [5.41, 5.74) is 5.01. The van der Waals surface area contributed by atoms with E-state index in [2.05, 4.69) is 20.3 Å². The van der Waals surface area contributed by atoms with Crippen molar-refractivity contribution in [1.82, 2.24) is 19.9 Å². The van der Waals surface area contributed by atoms with Gasteiger partial charge < -0.3 is 19.4 Å². The highest BCUT2D eigenvalue weighted by Gasteiger charge is 2.20. The summed E-state index contributed by atoms with van der Waals surface area (Å²) >= 11 is 1.59. The van der Waals surface area contributed by atoms with Crippen molar-refractivity contribution < 1.29 is 13.9 Å². The molecule has 9 heteroatoms. The molecule has 1 aliphatic heterocycles. The summed E-state index contributed by atoms with van der Waals surface area (Å²) in [6.07, 6.45) is 5.17. The molecule has 1 N–H and O–H groups in total. The van der Waals surface area contributed by atoms with Gasteiger partial charge in [0.05, 0.1) is 20.8 Å². The Bertz CT molecular complexity index is 1800. The molecule has 0 unspecified atom stereocenters. The number of nitrogens with zero attached hydrogens (tertiary/aromatic N) is 4. The first kappa shape index (κ1) is 23.4. The Morgan fingerprint density at radius 3 is 2.74 bits per heavy atom. The largest absolute Gasteiger partial charge is 0.456 e. The molecule has 1 aliphatic rings. The van der Waals surface area contributed by atoms with Gasteiger partial charge in [-0.1, -0.05) is 24.3 Å². The number of nitrogens with one attached hydrogen (secondary N) is 1. The van der Waals surface area contributed by atoms with Gasteiger partial charge in [0.1, 0.15) is 17.0 Å². The van der Waals surface area contributed by atoms with Crippen LogP contribution in [0.3, 0.4) is 0 Å².